The van der Waals surface area contributed by atoms with Gasteiger partial charge < -0.3 is 10.1 Å². The van der Waals surface area contributed by atoms with E-state index < -0.39 is 5.41 Å². The topological polar surface area (TPSA) is 69.0 Å². The Hall–Kier alpha value is -3.15. The molecule has 132 valence electrons. The van der Waals surface area contributed by atoms with Crippen LogP contribution < -0.4 is 10.1 Å². The lowest BCUT2D eigenvalue weighted by molar-refractivity contribution is -0.118. The molecule has 26 heavy (non-hydrogen) atoms. The first kappa shape index (κ1) is 16.3. The van der Waals surface area contributed by atoms with E-state index in [4.69, 9.17) is 4.74 Å². The summed E-state index contributed by atoms with van der Waals surface area (Å²) >= 11 is 0. The van der Waals surface area contributed by atoms with Gasteiger partial charge in [0.2, 0.25) is 5.91 Å². The smallest absolute Gasteiger partial charge is 0.235 e. The van der Waals surface area contributed by atoms with Gasteiger partial charge in [-0.2, -0.15) is 5.10 Å². The highest BCUT2D eigenvalue weighted by Crippen LogP contribution is 2.49. The Labute approximate surface area is 151 Å². The van der Waals surface area contributed by atoms with E-state index in [0.29, 0.717) is 6.54 Å². The highest BCUT2D eigenvalue weighted by Gasteiger charge is 2.51. The van der Waals surface area contributed by atoms with Crippen molar-refractivity contribution >= 4 is 11.6 Å². The number of benzene rings is 2. The van der Waals surface area contributed by atoms with E-state index in [1.807, 2.05) is 48.5 Å². The van der Waals surface area contributed by atoms with Crippen LogP contribution in [0, 0.1) is 0 Å². The third-order valence-corrected chi connectivity index (χ3v) is 4.85. The Morgan fingerprint density at radius 2 is 1.88 bits per heavy atom. The molecule has 3 aromatic rings. The number of carbonyl (C=O) groups is 1. The van der Waals surface area contributed by atoms with Gasteiger partial charge in [-0.05, 0) is 48.2 Å². The van der Waals surface area contributed by atoms with Crippen LogP contribution in [-0.2, 0) is 16.8 Å². The van der Waals surface area contributed by atoms with E-state index >= 15 is 0 Å². The molecular formula is C20H20N4O2. The Kier molecular flexibility index (Phi) is 4.16. The lowest BCUT2D eigenvalue weighted by Crippen LogP contribution is -2.27. The molecule has 0 spiro atoms. The molecule has 1 aliphatic carbocycles. The third-order valence-electron chi connectivity index (χ3n) is 4.85. The van der Waals surface area contributed by atoms with E-state index in [9.17, 15) is 4.79 Å². The summed E-state index contributed by atoms with van der Waals surface area (Å²) in [6, 6.07) is 15.6. The third kappa shape index (κ3) is 3.18. The monoisotopic (exact) mass is 348 g/mol. The number of methoxy groups -OCH3 is 1. The number of hydrogen-bond acceptors (Lipinski definition) is 4. The van der Waals surface area contributed by atoms with Crippen LogP contribution in [0.3, 0.4) is 0 Å². The molecule has 0 radical (unpaired) electrons. The van der Waals surface area contributed by atoms with Gasteiger partial charge in [0.1, 0.15) is 18.4 Å². The van der Waals surface area contributed by atoms with E-state index in [1.165, 1.54) is 6.33 Å². The van der Waals surface area contributed by atoms with Crippen LogP contribution in [0.25, 0.3) is 0 Å². The van der Waals surface area contributed by atoms with Crippen molar-refractivity contribution < 1.29 is 9.53 Å². The molecule has 1 fully saturated rings. The Morgan fingerprint density at radius 3 is 2.46 bits per heavy atom. The molecule has 6 heteroatoms. The maximum Gasteiger partial charge on any atom is 0.235 e. The zero-order valence-corrected chi connectivity index (χ0v) is 14.6. The molecule has 0 bridgehead atoms. The number of rotatable bonds is 6. The Balaban J connectivity index is 1.44. The molecule has 0 atom stereocenters. The first-order chi connectivity index (χ1) is 12.7. The molecule has 2 aromatic carbocycles. The van der Waals surface area contributed by atoms with Gasteiger partial charge in [0, 0.05) is 5.69 Å². The molecule has 0 saturated heterocycles. The summed E-state index contributed by atoms with van der Waals surface area (Å²) in [5.74, 6) is 0.847. The number of carbonyl (C=O) groups excluding carboxylic acids is 1. The van der Waals surface area contributed by atoms with Gasteiger partial charge in [-0.1, -0.05) is 24.3 Å². The Bertz CT molecular complexity index is 883. The average molecular weight is 348 g/mol. The fraction of sp³-hybridized carbons (Fsp3) is 0.250. The van der Waals surface area contributed by atoms with Crippen LogP contribution >= 0.6 is 0 Å². The molecule has 4 rings (SSSR count). The van der Waals surface area contributed by atoms with Crippen LogP contribution in [0.2, 0.25) is 0 Å². The molecule has 1 saturated carbocycles. The first-order valence-electron chi connectivity index (χ1n) is 8.57. The molecule has 0 unspecified atom stereocenters. The minimum absolute atomic E-state index is 0.0479. The first-order valence-corrected chi connectivity index (χ1v) is 8.57. The Morgan fingerprint density at radius 1 is 1.15 bits per heavy atom. The number of hydrogen-bond donors (Lipinski definition) is 1. The molecule has 1 aromatic heterocycles. The van der Waals surface area contributed by atoms with Crippen molar-refractivity contribution in [3.63, 3.8) is 0 Å². The summed E-state index contributed by atoms with van der Waals surface area (Å²) < 4.78 is 6.96. The number of nitrogens with zero attached hydrogens (tertiary/aromatic N) is 3. The van der Waals surface area contributed by atoms with Gasteiger partial charge in [-0.15, -0.1) is 0 Å². The quantitative estimate of drug-likeness (QED) is 0.743. The second-order valence-electron chi connectivity index (χ2n) is 6.55. The highest BCUT2D eigenvalue weighted by molar-refractivity contribution is 6.01. The number of nitrogens with one attached hydrogen (secondary N) is 1. The minimum Gasteiger partial charge on any atom is -0.497 e. The standard InChI is InChI=1S/C20H20N4O2/c1-26-18-8-4-16(5-9-18)20(10-11-20)19(25)23-17-6-2-15(3-7-17)12-24-14-21-13-22-24/h2-9,13-14H,10-12H2,1H3,(H,23,25). The molecule has 1 amide bonds. The second kappa shape index (κ2) is 6.63. The summed E-state index contributed by atoms with van der Waals surface area (Å²) in [5.41, 5.74) is 2.53. The molecular weight excluding hydrogens is 328 g/mol. The van der Waals surface area contributed by atoms with Crippen molar-refractivity contribution in [1.29, 1.82) is 0 Å². The molecule has 1 aliphatic rings. The maximum absolute atomic E-state index is 12.8. The zero-order valence-electron chi connectivity index (χ0n) is 14.6. The van der Waals surface area contributed by atoms with Gasteiger partial charge in [0.25, 0.3) is 0 Å². The molecule has 1 heterocycles. The molecule has 1 N–H and O–H groups in total. The minimum atomic E-state index is -0.411. The van der Waals surface area contributed by atoms with Crippen molar-refractivity contribution in [2.24, 2.45) is 0 Å². The lowest BCUT2D eigenvalue weighted by atomic mass is 9.94. The van der Waals surface area contributed by atoms with Crippen LogP contribution in [0.15, 0.2) is 61.2 Å². The van der Waals surface area contributed by atoms with Gasteiger partial charge in [0.05, 0.1) is 19.1 Å². The van der Waals surface area contributed by atoms with Crippen molar-refractivity contribution in [2.75, 3.05) is 12.4 Å². The zero-order chi connectivity index (χ0) is 18.0. The van der Waals surface area contributed by atoms with Crippen molar-refractivity contribution in [1.82, 2.24) is 14.8 Å². The van der Waals surface area contributed by atoms with Gasteiger partial charge in [-0.3, -0.25) is 4.79 Å². The van der Waals surface area contributed by atoms with E-state index in [1.54, 1.807) is 18.1 Å². The van der Waals surface area contributed by atoms with Crippen LogP contribution in [0.1, 0.15) is 24.0 Å². The predicted octanol–water partition coefficient (Wildman–Crippen LogP) is 3.01. The predicted molar refractivity (Wildman–Crippen MR) is 98.1 cm³/mol. The fourth-order valence-electron chi connectivity index (χ4n) is 3.13. The number of ether oxygens (including phenoxy) is 1. The van der Waals surface area contributed by atoms with Crippen LogP contribution in [-0.4, -0.2) is 27.8 Å². The summed E-state index contributed by atoms with van der Waals surface area (Å²) in [6.45, 7) is 0.657. The largest absolute Gasteiger partial charge is 0.497 e. The summed E-state index contributed by atoms with van der Waals surface area (Å²) in [6.07, 6.45) is 4.94. The normalized spacial score (nSPS) is 14.7. The number of amides is 1. The van der Waals surface area contributed by atoms with Crippen LogP contribution in [0.5, 0.6) is 5.75 Å². The fourth-order valence-corrected chi connectivity index (χ4v) is 3.13. The summed E-state index contributed by atoms with van der Waals surface area (Å²) in [4.78, 5) is 16.8. The average Bonchev–Trinajstić information content (AvgIpc) is 3.34. The molecule has 0 aliphatic heterocycles. The second-order valence-corrected chi connectivity index (χ2v) is 6.55. The SMILES string of the molecule is COc1ccc(C2(C(=O)Nc3ccc(Cn4cncn4)cc3)CC2)cc1. The molecule has 6 nitrogen and oxygen atoms in total. The number of anilines is 1. The van der Waals surface area contributed by atoms with E-state index in [0.717, 1.165) is 35.4 Å². The van der Waals surface area contributed by atoms with Crippen molar-refractivity contribution in [2.45, 2.75) is 24.8 Å². The lowest BCUT2D eigenvalue weighted by Gasteiger charge is -2.16. The van der Waals surface area contributed by atoms with Crippen molar-refractivity contribution in [3.05, 3.63) is 72.3 Å². The summed E-state index contributed by atoms with van der Waals surface area (Å²) in [7, 11) is 1.64. The van der Waals surface area contributed by atoms with Gasteiger partial charge in [0.15, 0.2) is 0 Å². The van der Waals surface area contributed by atoms with Gasteiger partial charge >= 0.3 is 0 Å². The van der Waals surface area contributed by atoms with Crippen LogP contribution in [0.4, 0.5) is 5.69 Å². The highest BCUT2D eigenvalue weighted by atomic mass is 16.5. The van der Waals surface area contributed by atoms with Gasteiger partial charge in [-0.25, -0.2) is 9.67 Å². The summed E-state index contributed by atoms with van der Waals surface area (Å²) in [5, 5.41) is 7.15. The van der Waals surface area contributed by atoms with E-state index in [2.05, 4.69) is 15.4 Å². The number of aromatic nitrogens is 3. The van der Waals surface area contributed by atoms with Crippen molar-refractivity contribution in [3.8, 4) is 5.75 Å². The van der Waals surface area contributed by atoms with E-state index in [-0.39, 0.29) is 5.91 Å². The maximum atomic E-state index is 12.8.